The average Bonchev–Trinajstić information content (AvgIpc) is 3.89. The molecule has 0 N–H and O–H groups in total. The minimum absolute atomic E-state index is 0.971. The van der Waals surface area contributed by atoms with E-state index in [-0.39, 0.29) is 0 Å². The van der Waals surface area contributed by atoms with Gasteiger partial charge in [0.2, 0.25) is 0 Å². The van der Waals surface area contributed by atoms with E-state index < -0.39 is 0 Å². The number of anilines is 3. The average molecular weight is 740 g/mol. The molecule has 0 amide bonds. The van der Waals surface area contributed by atoms with Crippen molar-refractivity contribution in [1.29, 1.82) is 0 Å². The Labute approximate surface area is 324 Å². The van der Waals surface area contributed by atoms with Crippen LogP contribution in [0.5, 0.6) is 0 Å². The van der Waals surface area contributed by atoms with Gasteiger partial charge < -0.3 is 4.90 Å². The number of aromatic nitrogens is 4. The molecule has 7 heteroatoms. The van der Waals surface area contributed by atoms with E-state index >= 15 is 0 Å². The van der Waals surface area contributed by atoms with Gasteiger partial charge in [-0.3, -0.25) is 9.97 Å². The summed E-state index contributed by atoms with van der Waals surface area (Å²) in [4.78, 5) is 20.6. The second-order valence-electron chi connectivity index (χ2n) is 13.6. The Balaban J connectivity index is 0.984. The number of nitrogens with zero attached hydrogens (tertiary/aromatic N) is 5. The van der Waals surface area contributed by atoms with Gasteiger partial charge in [-0.15, -0.1) is 22.7 Å². The molecule has 258 valence electrons. The number of fused-ring (bicyclic) bond motifs is 6. The highest BCUT2D eigenvalue weighted by Gasteiger charge is 2.16. The number of benzene rings is 7. The summed E-state index contributed by atoms with van der Waals surface area (Å²) in [5, 5.41) is 9.36. The lowest BCUT2D eigenvalue weighted by atomic mass is 9.96. The molecule has 0 saturated heterocycles. The van der Waals surface area contributed by atoms with Gasteiger partial charge >= 0.3 is 0 Å². The SMILES string of the molecule is c1ccc2cc(-c3ccc4c(ccc5cc(N(c6ccc(-c7nc8ccncc8s7)cc6)c6ccc(-c7nc8ccncc8s7)cc6)ccc54)c3)ccc2c1. The molecule has 0 aliphatic carbocycles. The third kappa shape index (κ3) is 5.69. The Kier molecular flexibility index (Phi) is 7.46. The molecular weight excluding hydrogens is 711 g/mol. The smallest absolute Gasteiger partial charge is 0.124 e. The molecule has 0 bridgehead atoms. The predicted octanol–water partition coefficient (Wildman–Crippen LogP) is 13.6. The van der Waals surface area contributed by atoms with E-state index in [0.717, 1.165) is 58.6 Å². The molecule has 0 fully saturated rings. The second kappa shape index (κ2) is 13.0. The normalized spacial score (nSPS) is 11.6. The van der Waals surface area contributed by atoms with Crippen LogP contribution >= 0.6 is 22.7 Å². The first kappa shape index (κ1) is 31.7. The third-order valence-electron chi connectivity index (χ3n) is 10.3. The molecule has 55 heavy (non-hydrogen) atoms. The van der Waals surface area contributed by atoms with E-state index in [1.54, 1.807) is 35.1 Å². The van der Waals surface area contributed by atoms with E-state index in [0.29, 0.717) is 0 Å². The van der Waals surface area contributed by atoms with Gasteiger partial charge in [-0.2, -0.15) is 0 Å². The largest absolute Gasteiger partial charge is 0.310 e. The molecule has 5 nitrogen and oxygen atoms in total. The maximum atomic E-state index is 4.88. The molecular formula is C48H29N5S2. The first-order valence-electron chi connectivity index (χ1n) is 18.1. The fourth-order valence-electron chi connectivity index (χ4n) is 7.51. The first-order chi connectivity index (χ1) is 27.2. The molecule has 11 rings (SSSR count). The molecule has 0 radical (unpaired) electrons. The van der Waals surface area contributed by atoms with Gasteiger partial charge in [0.15, 0.2) is 0 Å². The summed E-state index contributed by atoms with van der Waals surface area (Å²) < 4.78 is 2.17. The van der Waals surface area contributed by atoms with Crippen molar-refractivity contribution < 1.29 is 0 Å². The van der Waals surface area contributed by atoms with Crippen molar-refractivity contribution in [3.8, 4) is 32.3 Å². The van der Waals surface area contributed by atoms with Crippen LogP contribution in [0.25, 0.3) is 85.0 Å². The number of pyridine rings is 2. The summed E-state index contributed by atoms with van der Waals surface area (Å²) >= 11 is 3.33. The summed E-state index contributed by atoms with van der Waals surface area (Å²) in [6.45, 7) is 0. The monoisotopic (exact) mass is 739 g/mol. The fraction of sp³-hybridized carbons (Fsp3) is 0. The highest BCUT2D eigenvalue weighted by atomic mass is 32.1. The number of hydrogen-bond acceptors (Lipinski definition) is 7. The van der Waals surface area contributed by atoms with E-state index in [1.807, 2.05) is 24.5 Å². The molecule has 7 aromatic carbocycles. The Morgan fingerprint density at radius 2 is 0.855 bits per heavy atom. The van der Waals surface area contributed by atoms with Crippen molar-refractivity contribution in [2.24, 2.45) is 0 Å². The van der Waals surface area contributed by atoms with Crippen LogP contribution in [-0.4, -0.2) is 19.9 Å². The molecule has 0 aliphatic heterocycles. The fourth-order valence-corrected chi connectivity index (χ4v) is 9.38. The van der Waals surface area contributed by atoms with Crippen molar-refractivity contribution in [2.75, 3.05) is 4.90 Å². The maximum Gasteiger partial charge on any atom is 0.124 e. The lowest BCUT2D eigenvalue weighted by Crippen LogP contribution is -2.09. The van der Waals surface area contributed by atoms with Gasteiger partial charge in [-0.1, -0.05) is 66.7 Å². The standard InChI is InChI=1S/C48H29N5S2/c1-2-4-33-25-34(6-5-30(33)3-1)35-13-19-41-36(26-35)7-8-37-27-40(18-20-42(37)41)53(38-14-9-31(10-15-38)47-51-43-21-23-49-28-45(43)54-47)39-16-11-32(12-17-39)48-52-44-22-24-50-29-46(44)55-48/h1-29H. The van der Waals surface area contributed by atoms with Crippen LogP contribution in [0.2, 0.25) is 0 Å². The van der Waals surface area contributed by atoms with Gasteiger partial charge in [0.1, 0.15) is 10.0 Å². The maximum absolute atomic E-state index is 4.88. The van der Waals surface area contributed by atoms with E-state index in [9.17, 15) is 0 Å². The van der Waals surface area contributed by atoms with Crippen molar-refractivity contribution in [3.05, 3.63) is 176 Å². The minimum atomic E-state index is 0.971. The number of rotatable bonds is 6. The van der Waals surface area contributed by atoms with Crippen LogP contribution < -0.4 is 4.90 Å². The van der Waals surface area contributed by atoms with Crippen LogP contribution in [0.15, 0.2) is 176 Å². The quantitative estimate of drug-likeness (QED) is 0.159. The molecule has 0 unspecified atom stereocenters. The van der Waals surface area contributed by atoms with Gasteiger partial charge in [0.05, 0.1) is 20.4 Å². The first-order valence-corrected chi connectivity index (χ1v) is 19.7. The molecule has 11 aromatic rings. The Hall–Kier alpha value is -6.80. The van der Waals surface area contributed by atoms with Crippen LogP contribution in [0.4, 0.5) is 17.1 Å². The Bertz CT molecular complexity index is 3040. The molecule has 0 atom stereocenters. The zero-order chi connectivity index (χ0) is 36.3. The van der Waals surface area contributed by atoms with Crippen molar-refractivity contribution in [2.45, 2.75) is 0 Å². The Morgan fingerprint density at radius 1 is 0.382 bits per heavy atom. The van der Waals surface area contributed by atoms with Crippen molar-refractivity contribution >= 4 is 92.5 Å². The molecule has 0 spiro atoms. The molecule has 0 saturated carbocycles. The van der Waals surface area contributed by atoms with Gasteiger partial charge in [0, 0.05) is 53.0 Å². The van der Waals surface area contributed by atoms with Crippen LogP contribution in [-0.2, 0) is 0 Å². The lowest BCUT2D eigenvalue weighted by molar-refractivity contribution is 1.29. The van der Waals surface area contributed by atoms with Crippen molar-refractivity contribution in [1.82, 2.24) is 19.9 Å². The zero-order valence-corrected chi connectivity index (χ0v) is 30.9. The summed E-state index contributed by atoms with van der Waals surface area (Å²) in [6.07, 6.45) is 7.35. The molecule has 4 heterocycles. The number of hydrogen-bond donors (Lipinski definition) is 0. The van der Waals surface area contributed by atoms with E-state index in [2.05, 4.69) is 154 Å². The predicted molar refractivity (Wildman–Crippen MR) is 232 cm³/mol. The zero-order valence-electron chi connectivity index (χ0n) is 29.3. The third-order valence-corrected chi connectivity index (χ3v) is 12.4. The van der Waals surface area contributed by atoms with E-state index in [1.165, 1.54) is 43.4 Å². The number of thiazole rings is 2. The summed E-state index contributed by atoms with van der Waals surface area (Å²) in [6, 6.07) is 54.7. The molecule has 4 aromatic heterocycles. The summed E-state index contributed by atoms with van der Waals surface area (Å²) in [5.41, 5.74) is 9.75. The van der Waals surface area contributed by atoms with Crippen LogP contribution in [0.3, 0.4) is 0 Å². The van der Waals surface area contributed by atoms with E-state index in [4.69, 9.17) is 9.97 Å². The Morgan fingerprint density at radius 3 is 1.45 bits per heavy atom. The van der Waals surface area contributed by atoms with Crippen LogP contribution in [0, 0.1) is 0 Å². The minimum Gasteiger partial charge on any atom is -0.310 e. The highest BCUT2D eigenvalue weighted by Crippen LogP contribution is 2.41. The lowest BCUT2D eigenvalue weighted by Gasteiger charge is -2.26. The van der Waals surface area contributed by atoms with Gasteiger partial charge in [-0.25, -0.2) is 9.97 Å². The van der Waals surface area contributed by atoms with Gasteiger partial charge in [0.25, 0.3) is 0 Å². The van der Waals surface area contributed by atoms with Gasteiger partial charge in [-0.05, 0) is 128 Å². The highest BCUT2D eigenvalue weighted by molar-refractivity contribution is 7.22. The molecule has 0 aliphatic rings. The summed E-state index contributed by atoms with van der Waals surface area (Å²) in [7, 11) is 0. The topological polar surface area (TPSA) is 54.8 Å². The van der Waals surface area contributed by atoms with Crippen LogP contribution in [0.1, 0.15) is 0 Å². The summed E-state index contributed by atoms with van der Waals surface area (Å²) in [5.74, 6) is 0. The van der Waals surface area contributed by atoms with Crippen molar-refractivity contribution in [3.63, 3.8) is 0 Å². The second-order valence-corrected chi connectivity index (χ2v) is 15.7.